The van der Waals surface area contributed by atoms with E-state index < -0.39 is 0 Å². The summed E-state index contributed by atoms with van der Waals surface area (Å²) in [7, 11) is 1.70. The second kappa shape index (κ2) is 10.8. The molecule has 0 spiro atoms. The number of nitrogens with zero attached hydrogens (tertiary/aromatic N) is 4. The number of aryl methyl sites for hydroxylation is 1. The van der Waals surface area contributed by atoms with Crippen molar-refractivity contribution in [2.45, 2.75) is 11.9 Å². The maximum Gasteiger partial charge on any atom is 0.234 e. The van der Waals surface area contributed by atoms with Crippen LogP contribution in [0.25, 0.3) is 0 Å². The Morgan fingerprint density at radius 3 is 2.61 bits per heavy atom. The van der Waals surface area contributed by atoms with E-state index in [0.29, 0.717) is 10.7 Å². The fourth-order valence-electron chi connectivity index (χ4n) is 3.70. The largest absolute Gasteiger partial charge is 0.495 e. The highest BCUT2D eigenvalue weighted by Gasteiger charge is 2.21. The first kappa shape index (κ1) is 23.2. The number of carbonyl (C=O) groups is 1. The van der Waals surface area contributed by atoms with E-state index in [0.717, 1.165) is 54.0 Å². The van der Waals surface area contributed by atoms with E-state index in [2.05, 4.69) is 31.2 Å². The molecule has 1 fully saturated rings. The number of benzene rings is 2. The Balaban J connectivity index is 1.32. The number of carbonyl (C=O) groups excluding carboxylic acids is 1. The molecule has 1 aliphatic heterocycles. The number of amides is 1. The Morgan fingerprint density at radius 1 is 1.09 bits per heavy atom. The van der Waals surface area contributed by atoms with Gasteiger partial charge in [0.2, 0.25) is 5.91 Å². The van der Waals surface area contributed by atoms with E-state index in [1.165, 1.54) is 11.8 Å². The number of anilines is 3. The van der Waals surface area contributed by atoms with Gasteiger partial charge in [-0.05, 0) is 36.8 Å². The quantitative estimate of drug-likeness (QED) is 0.391. The van der Waals surface area contributed by atoms with Crippen molar-refractivity contribution in [1.29, 1.82) is 0 Å². The summed E-state index contributed by atoms with van der Waals surface area (Å²) < 4.78 is 5.50. The van der Waals surface area contributed by atoms with Gasteiger partial charge in [-0.25, -0.2) is 9.97 Å². The van der Waals surface area contributed by atoms with Crippen molar-refractivity contribution >= 4 is 46.5 Å². The number of ether oxygens (including phenoxy) is 1. The number of halogens is 1. The van der Waals surface area contributed by atoms with Crippen molar-refractivity contribution in [1.82, 2.24) is 9.97 Å². The van der Waals surface area contributed by atoms with Crippen LogP contribution in [-0.4, -0.2) is 54.9 Å². The molecular weight excluding hydrogens is 458 g/mol. The van der Waals surface area contributed by atoms with Crippen molar-refractivity contribution in [3.63, 3.8) is 0 Å². The van der Waals surface area contributed by atoms with Crippen molar-refractivity contribution in [3.8, 4) is 5.75 Å². The molecule has 33 heavy (non-hydrogen) atoms. The van der Waals surface area contributed by atoms with Crippen LogP contribution in [0.2, 0.25) is 5.02 Å². The summed E-state index contributed by atoms with van der Waals surface area (Å²) in [5.41, 5.74) is 2.77. The molecule has 0 bridgehead atoms. The molecule has 1 N–H and O–H groups in total. The first-order valence-corrected chi connectivity index (χ1v) is 12.0. The van der Waals surface area contributed by atoms with Gasteiger partial charge in [0.25, 0.3) is 0 Å². The predicted octanol–water partition coefficient (Wildman–Crippen LogP) is 4.50. The van der Waals surface area contributed by atoms with Crippen molar-refractivity contribution in [2.75, 3.05) is 54.2 Å². The van der Waals surface area contributed by atoms with Crippen LogP contribution < -0.4 is 19.9 Å². The zero-order valence-electron chi connectivity index (χ0n) is 18.6. The Labute approximate surface area is 203 Å². The molecule has 4 rings (SSSR count). The topological polar surface area (TPSA) is 70.6 Å². The minimum absolute atomic E-state index is 0.128. The summed E-state index contributed by atoms with van der Waals surface area (Å²) in [6.07, 6.45) is 1.55. The number of hydrogen-bond acceptors (Lipinski definition) is 7. The second-order valence-corrected chi connectivity index (χ2v) is 9.08. The molecule has 1 amide bonds. The SMILES string of the molecule is COc1ccccc1N1CCN(c2cc(SCC(=O)Nc3ccc(C)cc3Cl)ncn2)CC1. The van der Waals surface area contributed by atoms with E-state index in [1.54, 1.807) is 13.4 Å². The molecule has 172 valence electrons. The van der Waals surface area contributed by atoms with Gasteiger partial charge in [-0.3, -0.25) is 4.79 Å². The number of para-hydroxylation sites is 2. The molecule has 3 aromatic rings. The third-order valence-corrected chi connectivity index (χ3v) is 6.65. The van der Waals surface area contributed by atoms with Crippen LogP contribution in [0, 0.1) is 6.92 Å². The maximum atomic E-state index is 12.4. The van der Waals surface area contributed by atoms with Gasteiger partial charge in [0, 0.05) is 32.2 Å². The van der Waals surface area contributed by atoms with Crippen molar-refractivity contribution in [3.05, 3.63) is 65.4 Å². The Morgan fingerprint density at radius 2 is 1.85 bits per heavy atom. The number of thioether (sulfide) groups is 1. The van der Waals surface area contributed by atoms with E-state index in [-0.39, 0.29) is 11.7 Å². The van der Waals surface area contributed by atoms with Gasteiger partial charge in [-0.2, -0.15) is 0 Å². The van der Waals surface area contributed by atoms with E-state index in [4.69, 9.17) is 16.3 Å². The molecule has 0 radical (unpaired) electrons. The lowest BCUT2D eigenvalue weighted by atomic mass is 10.2. The number of hydrogen-bond donors (Lipinski definition) is 1. The average molecular weight is 484 g/mol. The van der Waals surface area contributed by atoms with Gasteiger partial charge in [0.15, 0.2) is 0 Å². The Hall–Kier alpha value is -2.97. The highest BCUT2D eigenvalue weighted by molar-refractivity contribution is 7.99. The van der Waals surface area contributed by atoms with Crippen LogP contribution in [0.1, 0.15) is 5.56 Å². The maximum absolute atomic E-state index is 12.4. The molecule has 0 atom stereocenters. The minimum atomic E-state index is -0.128. The Kier molecular flexibility index (Phi) is 7.57. The molecular formula is C24H26ClN5O2S. The highest BCUT2D eigenvalue weighted by Crippen LogP contribution is 2.29. The number of piperazine rings is 1. The molecule has 1 saturated heterocycles. The molecule has 0 aliphatic carbocycles. The van der Waals surface area contributed by atoms with Crippen LogP contribution in [-0.2, 0) is 4.79 Å². The monoisotopic (exact) mass is 483 g/mol. The molecule has 0 unspecified atom stereocenters. The fourth-order valence-corrected chi connectivity index (χ4v) is 4.64. The zero-order valence-corrected chi connectivity index (χ0v) is 20.2. The first-order chi connectivity index (χ1) is 16.0. The van der Waals surface area contributed by atoms with Crippen LogP contribution in [0.3, 0.4) is 0 Å². The summed E-state index contributed by atoms with van der Waals surface area (Å²) in [6.45, 7) is 5.37. The number of nitrogens with one attached hydrogen (secondary N) is 1. The third kappa shape index (κ3) is 5.89. The molecule has 0 saturated carbocycles. The summed E-state index contributed by atoms with van der Waals surface area (Å²) >= 11 is 7.58. The van der Waals surface area contributed by atoms with Crippen molar-refractivity contribution < 1.29 is 9.53 Å². The standard InChI is InChI=1S/C24H26ClN5O2S/c1-17-7-8-19(18(25)13-17)28-23(31)15-33-24-14-22(26-16-27-24)30-11-9-29(10-12-30)20-5-3-4-6-21(20)32-2/h3-8,13-14,16H,9-12,15H2,1-2H3,(H,28,31). The van der Waals surface area contributed by atoms with E-state index >= 15 is 0 Å². The predicted molar refractivity (Wildman–Crippen MR) is 135 cm³/mol. The average Bonchev–Trinajstić information content (AvgIpc) is 2.85. The van der Waals surface area contributed by atoms with Crippen LogP contribution in [0.4, 0.5) is 17.2 Å². The normalized spacial score (nSPS) is 13.7. The molecule has 7 nitrogen and oxygen atoms in total. The van der Waals surface area contributed by atoms with Gasteiger partial charge in [-0.1, -0.05) is 41.6 Å². The van der Waals surface area contributed by atoms with Gasteiger partial charge in [-0.15, -0.1) is 0 Å². The lowest BCUT2D eigenvalue weighted by Crippen LogP contribution is -2.47. The second-order valence-electron chi connectivity index (χ2n) is 7.68. The highest BCUT2D eigenvalue weighted by atomic mass is 35.5. The third-order valence-electron chi connectivity index (χ3n) is 5.41. The zero-order chi connectivity index (χ0) is 23.2. The Bertz CT molecular complexity index is 1120. The molecule has 1 aromatic heterocycles. The van der Waals surface area contributed by atoms with Gasteiger partial charge in [0.05, 0.1) is 29.3 Å². The van der Waals surface area contributed by atoms with Crippen LogP contribution >= 0.6 is 23.4 Å². The van der Waals surface area contributed by atoms with Gasteiger partial charge < -0.3 is 19.9 Å². The summed E-state index contributed by atoms with van der Waals surface area (Å²) in [4.78, 5) is 25.7. The summed E-state index contributed by atoms with van der Waals surface area (Å²) in [5, 5.41) is 4.15. The van der Waals surface area contributed by atoms with Gasteiger partial charge in [0.1, 0.15) is 22.9 Å². The number of rotatable bonds is 7. The molecule has 2 heterocycles. The van der Waals surface area contributed by atoms with Crippen molar-refractivity contribution in [2.24, 2.45) is 0 Å². The summed E-state index contributed by atoms with van der Waals surface area (Å²) in [5.74, 6) is 1.87. The lowest BCUT2D eigenvalue weighted by molar-refractivity contribution is -0.113. The van der Waals surface area contributed by atoms with E-state index in [9.17, 15) is 4.79 Å². The molecule has 1 aliphatic rings. The fraction of sp³-hybridized carbons (Fsp3) is 0.292. The van der Waals surface area contributed by atoms with Gasteiger partial charge >= 0.3 is 0 Å². The van der Waals surface area contributed by atoms with Crippen LogP contribution in [0.5, 0.6) is 5.75 Å². The van der Waals surface area contributed by atoms with Crippen LogP contribution in [0.15, 0.2) is 59.9 Å². The summed E-state index contributed by atoms with van der Waals surface area (Å²) in [6, 6.07) is 15.6. The lowest BCUT2D eigenvalue weighted by Gasteiger charge is -2.37. The number of aromatic nitrogens is 2. The molecule has 9 heteroatoms. The smallest absolute Gasteiger partial charge is 0.234 e. The minimum Gasteiger partial charge on any atom is -0.495 e. The first-order valence-electron chi connectivity index (χ1n) is 10.7. The van der Waals surface area contributed by atoms with E-state index in [1.807, 2.05) is 49.4 Å². The number of methoxy groups -OCH3 is 1. The molecule has 2 aromatic carbocycles.